The molecule has 1 rings (SSSR count). The van der Waals surface area contributed by atoms with E-state index < -0.39 is 17.3 Å². The van der Waals surface area contributed by atoms with E-state index in [-0.39, 0.29) is 5.70 Å². The largest absolute Gasteiger partial charge is 0.386 e. The molecule has 0 amide bonds. The Morgan fingerprint density at radius 2 is 1.92 bits per heavy atom. The number of aliphatic hydroxyl groups is 1. The van der Waals surface area contributed by atoms with E-state index in [1.165, 1.54) is 6.08 Å². The number of hydrogen-bond donors (Lipinski definition) is 2. The minimum absolute atomic E-state index is 0.139. The van der Waals surface area contributed by atoms with Gasteiger partial charge in [0.2, 0.25) is 5.70 Å². The summed E-state index contributed by atoms with van der Waals surface area (Å²) in [6.45, 7) is 4.87. The molecule has 24 heavy (non-hydrogen) atoms. The second-order valence-corrected chi connectivity index (χ2v) is 9.04. The molecule has 0 unspecified atom stereocenters. The Bertz CT molecular complexity index is 450. The summed E-state index contributed by atoms with van der Waals surface area (Å²) in [7, 11) is 0. The molecule has 0 atom stereocenters. The van der Waals surface area contributed by atoms with Gasteiger partial charge in [-0.2, -0.15) is 0 Å². The Morgan fingerprint density at radius 1 is 1.38 bits per heavy atom. The van der Waals surface area contributed by atoms with Crippen LogP contribution in [0.4, 0.5) is 0 Å². The highest BCUT2D eigenvalue weighted by Crippen LogP contribution is 2.41. The number of rotatable bonds is 5. The molecule has 0 heterocycles. The maximum Gasteiger partial charge on any atom is 0.249 e. The van der Waals surface area contributed by atoms with Crippen LogP contribution < -0.4 is 5.09 Å². The van der Waals surface area contributed by atoms with Crippen LogP contribution in [0.3, 0.4) is 0 Å². The third-order valence-corrected chi connectivity index (χ3v) is 3.72. The van der Waals surface area contributed by atoms with Gasteiger partial charge in [0.1, 0.15) is 0 Å². The van der Waals surface area contributed by atoms with Crippen LogP contribution in [0.15, 0.2) is 35.6 Å². The van der Waals surface area contributed by atoms with Crippen molar-refractivity contribution in [2.45, 2.75) is 32.8 Å². The first-order chi connectivity index (χ1) is 11.1. The Morgan fingerprint density at radius 3 is 2.25 bits per heavy atom. The third kappa shape index (κ3) is 15.6. The summed E-state index contributed by atoms with van der Waals surface area (Å²) in [6, 6.07) is 0. The normalized spacial score (nSPS) is 13.7. The standard InChI is InChI=1S/C10H13NO3.C2H5Cl3NP.C2H5Cl/c1-10(2,12)8-4-3-5-9(7-6-8)11(13)14;3-1-2-6-7(4)5;1-2-3/h3-4,6-7,12H,5H2,1-2H3;6H,1-2H2;2H2,1H3. The second kappa shape index (κ2) is 15.4. The molecular formula is C14H23Cl4N2O3P. The van der Waals surface area contributed by atoms with Crippen molar-refractivity contribution in [1.29, 1.82) is 0 Å². The van der Waals surface area contributed by atoms with Crippen LogP contribution in [-0.2, 0) is 0 Å². The van der Waals surface area contributed by atoms with E-state index in [4.69, 9.17) is 45.7 Å². The van der Waals surface area contributed by atoms with Gasteiger partial charge in [-0.15, -0.1) is 23.2 Å². The van der Waals surface area contributed by atoms with E-state index in [9.17, 15) is 15.2 Å². The van der Waals surface area contributed by atoms with Gasteiger partial charge in [-0.1, -0.05) is 41.6 Å². The van der Waals surface area contributed by atoms with Crippen LogP contribution in [0.1, 0.15) is 27.2 Å². The van der Waals surface area contributed by atoms with Crippen molar-refractivity contribution in [3.63, 3.8) is 0 Å². The molecule has 5 nitrogen and oxygen atoms in total. The van der Waals surface area contributed by atoms with Gasteiger partial charge < -0.3 is 5.11 Å². The summed E-state index contributed by atoms with van der Waals surface area (Å²) in [6.07, 6.45) is 6.72. The van der Waals surface area contributed by atoms with Gasteiger partial charge in [-0.05, 0) is 25.5 Å². The SMILES string of the molecule is CC(C)(O)C1=CC=C([N+](=O)[O-])CC=C1.CCCl.ClCCNP(Cl)Cl. The first-order valence-corrected chi connectivity index (χ1v) is 11.2. The van der Waals surface area contributed by atoms with E-state index >= 15 is 0 Å². The van der Waals surface area contributed by atoms with Crippen molar-refractivity contribution in [3.05, 3.63) is 45.7 Å². The second-order valence-electron chi connectivity index (χ2n) is 4.80. The van der Waals surface area contributed by atoms with Crippen LogP contribution >= 0.6 is 52.5 Å². The van der Waals surface area contributed by atoms with Crippen molar-refractivity contribution in [1.82, 2.24) is 5.09 Å². The lowest BCUT2D eigenvalue weighted by molar-refractivity contribution is -0.426. The van der Waals surface area contributed by atoms with Crippen LogP contribution in [0.25, 0.3) is 0 Å². The van der Waals surface area contributed by atoms with Gasteiger partial charge in [-0.25, -0.2) is 0 Å². The maximum atomic E-state index is 10.5. The highest BCUT2D eigenvalue weighted by atomic mass is 35.9. The lowest BCUT2D eigenvalue weighted by Gasteiger charge is -2.17. The highest BCUT2D eigenvalue weighted by molar-refractivity contribution is 8.02. The third-order valence-electron chi connectivity index (χ3n) is 2.35. The average molecular weight is 440 g/mol. The molecule has 0 saturated heterocycles. The van der Waals surface area contributed by atoms with Crippen molar-refractivity contribution >= 4 is 52.5 Å². The Hall–Kier alpha value is 0.130. The monoisotopic (exact) mass is 438 g/mol. The Labute approximate surface area is 164 Å². The quantitative estimate of drug-likeness (QED) is 0.254. The first-order valence-electron chi connectivity index (χ1n) is 7.01. The summed E-state index contributed by atoms with van der Waals surface area (Å²) in [4.78, 5) is 10.1. The van der Waals surface area contributed by atoms with Gasteiger partial charge >= 0.3 is 0 Å². The molecule has 0 fully saturated rings. The van der Waals surface area contributed by atoms with Crippen molar-refractivity contribution < 1.29 is 10.0 Å². The molecule has 0 radical (unpaired) electrons. The molecule has 0 aromatic rings. The summed E-state index contributed by atoms with van der Waals surface area (Å²) in [5.41, 5.74) is -0.145. The summed E-state index contributed by atoms with van der Waals surface area (Å²) in [5, 5.41) is 22.9. The lowest BCUT2D eigenvalue weighted by Crippen LogP contribution is -2.20. The first kappa shape index (κ1) is 26.4. The van der Waals surface area contributed by atoms with Gasteiger partial charge in [0, 0.05) is 24.4 Å². The van der Waals surface area contributed by atoms with E-state index in [1.54, 1.807) is 32.1 Å². The number of hydrogen-bond acceptors (Lipinski definition) is 4. The number of alkyl halides is 2. The van der Waals surface area contributed by atoms with Crippen molar-refractivity contribution in [3.8, 4) is 0 Å². The number of nitrogens with zero attached hydrogens (tertiary/aromatic N) is 1. The van der Waals surface area contributed by atoms with E-state index in [0.29, 0.717) is 24.4 Å². The zero-order valence-electron chi connectivity index (χ0n) is 13.8. The van der Waals surface area contributed by atoms with Gasteiger partial charge in [0.15, 0.2) is 6.78 Å². The summed E-state index contributed by atoms with van der Waals surface area (Å²) in [5.74, 6) is 1.28. The zero-order chi connectivity index (χ0) is 19.2. The average Bonchev–Trinajstić information content (AvgIpc) is 2.72. The van der Waals surface area contributed by atoms with Crippen LogP contribution in [0.2, 0.25) is 0 Å². The molecule has 140 valence electrons. The molecule has 10 heteroatoms. The van der Waals surface area contributed by atoms with E-state index in [1.807, 2.05) is 6.92 Å². The fourth-order valence-electron chi connectivity index (χ4n) is 1.29. The maximum absolute atomic E-state index is 10.5. The zero-order valence-corrected chi connectivity index (χ0v) is 17.7. The molecular weight excluding hydrogens is 417 g/mol. The predicted molar refractivity (Wildman–Crippen MR) is 107 cm³/mol. The minimum atomic E-state index is -0.996. The molecule has 1 aliphatic rings. The van der Waals surface area contributed by atoms with Gasteiger partial charge in [0.05, 0.1) is 16.9 Å². The molecule has 0 bridgehead atoms. The van der Waals surface area contributed by atoms with Crippen molar-refractivity contribution in [2.24, 2.45) is 0 Å². The highest BCUT2D eigenvalue weighted by Gasteiger charge is 2.18. The lowest BCUT2D eigenvalue weighted by atomic mass is 9.98. The van der Waals surface area contributed by atoms with Gasteiger partial charge in [0.25, 0.3) is 0 Å². The van der Waals surface area contributed by atoms with Gasteiger partial charge in [-0.3, -0.25) is 15.2 Å². The summed E-state index contributed by atoms with van der Waals surface area (Å²) >= 11 is 20.9. The number of nitro groups is 1. The fraction of sp³-hybridized carbons (Fsp3) is 0.571. The predicted octanol–water partition coefficient (Wildman–Crippen LogP) is 5.57. The van der Waals surface area contributed by atoms with Crippen LogP contribution in [0.5, 0.6) is 0 Å². The van der Waals surface area contributed by atoms with E-state index in [0.717, 1.165) is 5.88 Å². The Kier molecular flexibility index (Phi) is 16.9. The topological polar surface area (TPSA) is 75.4 Å². The molecule has 0 aromatic carbocycles. The molecule has 0 aromatic heterocycles. The minimum Gasteiger partial charge on any atom is -0.386 e. The Balaban J connectivity index is 0. The fourth-order valence-corrected chi connectivity index (χ4v) is 2.30. The molecule has 2 N–H and O–H groups in total. The molecule has 0 saturated carbocycles. The molecule has 1 aliphatic carbocycles. The van der Waals surface area contributed by atoms with E-state index in [2.05, 4.69) is 5.09 Å². The van der Waals surface area contributed by atoms with Crippen LogP contribution in [-0.4, -0.2) is 33.9 Å². The molecule has 0 spiro atoms. The number of allylic oxidation sites excluding steroid dienone is 3. The van der Waals surface area contributed by atoms with Crippen LogP contribution in [0, 0.1) is 10.1 Å². The molecule has 0 aliphatic heterocycles. The number of halogens is 4. The summed E-state index contributed by atoms with van der Waals surface area (Å²) < 4.78 is 0. The number of nitrogens with one attached hydrogen (secondary N) is 1. The smallest absolute Gasteiger partial charge is 0.249 e. The van der Waals surface area contributed by atoms with Crippen molar-refractivity contribution in [2.75, 3.05) is 18.3 Å².